The van der Waals surface area contributed by atoms with Crippen molar-refractivity contribution < 1.29 is 14.3 Å². The van der Waals surface area contributed by atoms with Gasteiger partial charge in [0.15, 0.2) is 0 Å². The minimum atomic E-state index is -0.770. The second-order valence-corrected chi connectivity index (χ2v) is 6.71. The highest BCUT2D eigenvalue weighted by atomic mass is 35.5. The lowest BCUT2D eigenvalue weighted by Gasteiger charge is -2.10. The Balaban J connectivity index is 1.65. The molecule has 0 saturated carbocycles. The molecule has 1 amide bonds. The number of nitrogens with one attached hydrogen (secondary N) is 1. The van der Waals surface area contributed by atoms with Gasteiger partial charge in [0.1, 0.15) is 6.10 Å². The summed E-state index contributed by atoms with van der Waals surface area (Å²) in [6.07, 6.45) is 2.44. The number of hydrogen-bond acceptors (Lipinski definition) is 4. The third kappa shape index (κ3) is 3.82. The number of furan rings is 1. The molecule has 1 unspecified atom stereocenters. The van der Waals surface area contributed by atoms with Gasteiger partial charge in [0.25, 0.3) is 5.91 Å². The van der Waals surface area contributed by atoms with Gasteiger partial charge in [-0.3, -0.25) is 4.79 Å². The summed E-state index contributed by atoms with van der Waals surface area (Å²) in [5.74, 6) is -0.239. The lowest BCUT2D eigenvalue weighted by atomic mass is 10.1. The average molecular weight is 348 g/mol. The molecule has 1 aromatic carbocycles. The Morgan fingerprint density at radius 2 is 2.13 bits per heavy atom. The number of halogens is 1. The van der Waals surface area contributed by atoms with Crippen LogP contribution in [0.4, 0.5) is 0 Å². The Morgan fingerprint density at radius 3 is 2.83 bits per heavy atom. The molecule has 0 aliphatic carbocycles. The standard InChI is InChI=1S/C17H14ClNO3S/c18-16-5-4-15(23-16)14(20)9-19-17(21)12-3-1-2-11(8-12)13-6-7-22-10-13/h1-8,10,14,20H,9H2,(H,19,21). The van der Waals surface area contributed by atoms with E-state index in [1.165, 1.54) is 11.3 Å². The van der Waals surface area contributed by atoms with Gasteiger partial charge in [0.05, 0.1) is 16.9 Å². The van der Waals surface area contributed by atoms with E-state index in [9.17, 15) is 9.90 Å². The molecule has 0 fully saturated rings. The number of rotatable bonds is 5. The summed E-state index contributed by atoms with van der Waals surface area (Å²) in [7, 11) is 0. The van der Waals surface area contributed by atoms with Crippen LogP contribution in [-0.2, 0) is 0 Å². The van der Waals surface area contributed by atoms with Crippen molar-refractivity contribution in [3.8, 4) is 11.1 Å². The molecule has 118 valence electrons. The van der Waals surface area contributed by atoms with Crippen molar-refractivity contribution >= 4 is 28.8 Å². The maximum Gasteiger partial charge on any atom is 0.251 e. The first-order valence-electron chi connectivity index (χ1n) is 6.97. The fourth-order valence-corrected chi connectivity index (χ4v) is 3.22. The smallest absolute Gasteiger partial charge is 0.251 e. The Bertz CT molecular complexity index is 798. The Labute approximate surface area is 142 Å². The van der Waals surface area contributed by atoms with E-state index in [0.717, 1.165) is 16.0 Å². The predicted octanol–water partition coefficient (Wildman–Crippen LogP) is 4.12. The first-order valence-corrected chi connectivity index (χ1v) is 8.17. The molecule has 1 atom stereocenters. The molecule has 0 saturated heterocycles. The number of aliphatic hydroxyl groups is 1. The van der Waals surface area contributed by atoms with Crippen LogP contribution in [0, 0.1) is 0 Å². The zero-order valence-electron chi connectivity index (χ0n) is 12.0. The van der Waals surface area contributed by atoms with Gasteiger partial charge in [-0.25, -0.2) is 0 Å². The van der Waals surface area contributed by atoms with E-state index in [1.54, 1.807) is 36.8 Å². The largest absolute Gasteiger partial charge is 0.472 e. The number of thiophene rings is 1. The van der Waals surface area contributed by atoms with Crippen molar-refractivity contribution in [1.82, 2.24) is 5.32 Å². The molecule has 2 heterocycles. The van der Waals surface area contributed by atoms with Crippen LogP contribution in [0.2, 0.25) is 4.34 Å². The summed E-state index contributed by atoms with van der Waals surface area (Å²) in [6.45, 7) is 0.131. The number of hydrogen-bond donors (Lipinski definition) is 2. The van der Waals surface area contributed by atoms with Crippen molar-refractivity contribution in [2.75, 3.05) is 6.54 Å². The monoisotopic (exact) mass is 347 g/mol. The van der Waals surface area contributed by atoms with Crippen LogP contribution in [0.15, 0.2) is 59.4 Å². The highest BCUT2D eigenvalue weighted by molar-refractivity contribution is 7.16. The van der Waals surface area contributed by atoms with Gasteiger partial charge < -0.3 is 14.8 Å². The molecule has 6 heteroatoms. The number of carbonyl (C=O) groups is 1. The van der Waals surface area contributed by atoms with Crippen LogP contribution < -0.4 is 5.32 Å². The van der Waals surface area contributed by atoms with Crippen LogP contribution in [-0.4, -0.2) is 17.6 Å². The van der Waals surface area contributed by atoms with Crippen molar-refractivity contribution in [3.05, 3.63) is 69.8 Å². The van der Waals surface area contributed by atoms with E-state index in [0.29, 0.717) is 9.90 Å². The summed E-state index contributed by atoms with van der Waals surface area (Å²) in [5, 5.41) is 12.8. The van der Waals surface area contributed by atoms with Gasteiger partial charge in [-0.05, 0) is 35.9 Å². The van der Waals surface area contributed by atoms with Gasteiger partial charge in [0, 0.05) is 22.5 Å². The summed E-state index contributed by atoms with van der Waals surface area (Å²) in [6, 6.07) is 12.5. The maximum atomic E-state index is 12.2. The van der Waals surface area contributed by atoms with Crippen LogP contribution in [0.3, 0.4) is 0 Å². The van der Waals surface area contributed by atoms with E-state index in [4.69, 9.17) is 16.0 Å². The van der Waals surface area contributed by atoms with Crippen LogP contribution in [0.25, 0.3) is 11.1 Å². The third-order valence-electron chi connectivity index (χ3n) is 3.36. The minimum absolute atomic E-state index is 0.131. The predicted molar refractivity (Wildman–Crippen MR) is 90.8 cm³/mol. The second kappa shape index (κ2) is 7.00. The van der Waals surface area contributed by atoms with Crippen molar-refractivity contribution in [1.29, 1.82) is 0 Å². The van der Waals surface area contributed by atoms with Gasteiger partial charge >= 0.3 is 0 Å². The SMILES string of the molecule is O=C(NCC(O)c1ccc(Cl)s1)c1cccc(-c2ccoc2)c1. The van der Waals surface area contributed by atoms with Crippen molar-refractivity contribution in [3.63, 3.8) is 0 Å². The van der Waals surface area contributed by atoms with E-state index >= 15 is 0 Å². The number of carbonyl (C=O) groups excluding carboxylic acids is 1. The van der Waals surface area contributed by atoms with Crippen LogP contribution in [0.1, 0.15) is 21.3 Å². The lowest BCUT2D eigenvalue weighted by Crippen LogP contribution is -2.28. The Hall–Kier alpha value is -2.08. The Morgan fingerprint density at radius 1 is 1.26 bits per heavy atom. The summed E-state index contributed by atoms with van der Waals surface area (Å²) in [4.78, 5) is 13.0. The highest BCUT2D eigenvalue weighted by Gasteiger charge is 2.13. The third-order valence-corrected chi connectivity index (χ3v) is 4.69. The van der Waals surface area contributed by atoms with Crippen LogP contribution in [0.5, 0.6) is 0 Å². The molecule has 0 spiro atoms. The van der Waals surface area contributed by atoms with Gasteiger partial charge in [-0.1, -0.05) is 23.7 Å². The minimum Gasteiger partial charge on any atom is -0.472 e. The number of benzene rings is 1. The molecule has 0 bridgehead atoms. The zero-order chi connectivity index (χ0) is 16.2. The van der Waals surface area contributed by atoms with E-state index in [2.05, 4.69) is 5.32 Å². The first-order chi connectivity index (χ1) is 11.1. The molecular weight excluding hydrogens is 334 g/mol. The van der Waals surface area contributed by atoms with E-state index < -0.39 is 6.10 Å². The molecule has 3 aromatic rings. The molecule has 23 heavy (non-hydrogen) atoms. The molecular formula is C17H14ClNO3S. The summed E-state index contributed by atoms with van der Waals surface area (Å²) in [5.41, 5.74) is 2.34. The average Bonchev–Trinajstić information content (AvgIpc) is 3.24. The van der Waals surface area contributed by atoms with Crippen LogP contribution >= 0.6 is 22.9 Å². The molecule has 2 N–H and O–H groups in total. The lowest BCUT2D eigenvalue weighted by molar-refractivity contribution is 0.0918. The number of aliphatic hydroxyl groups excluding tert-OH is 1. The first kappa shape index (κ1) is 15.8. The topological polar surface area (TPSA) is 62.5 Å². The molecule has 2 aromatic heterocycles. The summed E-state index contributed by atoms with van der Waals surface area (Å²) >= 11 is 7.14. The normalized spacial score (nSPS) is 12.1. The molecule has 0 radical (unpaired) electrons. The maximum absolute atomic E-state index is 12.2. The molecule has 3 rings (SSSR count). The van der Waals surface area contributed by atoms with Gasteiger partial charge in [-0.2, -0.15) is 0 Å². The zero-order valence-corrected chi connectivity index (χ0v) is 13.6. The number of amides is 1. The van der Waals surface area contributed by atoms with Crippen molar-refractivity contribution in [2.24, 2.45) is 0 Å². The Kier molecular flexibility index (Phi) is 4.81. The van der Waals surface area contributed by atoms with Crippen molar-refractivity contribution in [2.45, 2.75) is 6.10 Å². The summed E-state index contributed by atoms with van der Waals surface area (Å²) < 4.78 is 5.67. The molecule has 0 aliphatic rings. The van der Waals surface area contributed by atoms with Gasteiger partial charge in [0.2, 0.25) is 0 Å². The fraction of sp³-hybridized carbons (Fsp3) is 0.118. The molecule has 4 nitrogen and oxygen atoms in total. The fourth-order valence-electron chi connectivity index (χ4n) is 2.17. The van der Waals surface area contributed by atoms with E-state index in [1.807, 2.05) is 18.2 Å². The quantitative estimate of drug-likeness (QED) is 0.729. The highest BCUT2D eigenvalue weighted by Crippen LogP contribution is 2.26. The second-order valence-electron chi connectivity index (χ2n) is 4.96. The van der Waals surface area contributed by atoms with Gasteiger partial charge in [-0.15, -0.1) is 11.3 Å². The van der Waals surface area contributed by atoms with E-state index in [-0.39, 0.29) is 12.5 Å². The molecule has 0 aliphatic heterocycles.